The number of hydrogen-bond acceptors (Lipinski definition) is 27. The lowest BCUT2D eigenvalue weighted by Crippen LogP contribution is -2.61. The molecular formula is C80H135N33O18S2. The van der Waals surface area contributed by atoms with Crippen LogP contribution >= 0.6 is 21.6 Å². The highest BCUT2D eigenvalue weighted by Crippen LogP contribution is 2.26. The zero-order valence-electron chi connectivity index (χ0n) is 74.5. The van der Waals surface area contributed by atoms with Gasteiger partial charge in [-0.05, 0) is 184 Å². The fraction of sp³-hybridized carbons (Fsp3) is 0.600. The molecule has 2 heterocycles. The summed E-state index contributed by atoms with van der Waals surface area (Å²) in [4.78, 5) is 221. The maximum absolute atomic E-state index is 15.7. The van der Waals surface area contributed by atoms with Gasteiger partial charge in [0.05, 0.1) is 6.04 Å². The molecule has 0 spiro atoms. The first-order valence-corrected chi connectivity index (χ1v) is 46.3. The molecule has 44 N–H and O–H groups in total. The maximum atomic E-state index is 15.7. The minimum atomic E-state index is -1.89. The van der Waals surface area contributed by atoms with Crippen LogP contribution in [0.2, 0.25) is 0 Å². The van der Waals surface area contributed by atoms with E-state index in [0.717, 1.165) is 21.6 Å². The third kappa shape index (κ3) is 44.1. The Balaban J connectivity index is 2.08. The molecule has 15 amide bonds. The van der Waals surface area contributed by atoms with Crippen molar-refractivity contribution in [2.75, 3.05) is 70.4 Å². The second kappa shape index (κ2) is 60.7. The van der Waals surface area contributed by atoms with E-state index in [1.54, 1.807) is 0 Å². The van der Waals surface area contributed by atoms with Gasteiger partial charge in [0.15, 0.2) is 29.8 Å². The van der Waals surface area contributed by atoms with Crippen molar-refractivity contribution in [3.8, 4) is 11.5 Å². The largest absolute Gasteiger partial charge is 0.508 e. The number of carboxylic acid groups (broad SMARTS) is 1. The van der Waals surface area contributed by atoms with Crippen molar-refractivity contribution in [3.63, 3.8) is 0 Å². The van der Waals surface area contributed by atoms with E-state index in [9.17, 15) is 53.7 Å². The molecule has 2 saturated heterocycles. The van der Waals surface area contributed by atoms with Gasteiger partial charge in [0.1, 0.15) is 90.0 Å². The number of phenols is 2. The lowest BCUT2D eigenvalue weighted by molar-refractivity contribution is -0.142. The van der Waals surface area contributed by atoms with Crippen molar-refractivity contribution in [2.45, 2.75) is 233 Å². The van der Waals surface area contributed by atoms with E-state index in [-0.39, 0.29) is 204 Å². The van der Waals surface area contributed by atoms with E-state index in [1.807, 2.05) is 0 Å². The molecule has 2 aromatic rings. The number of rotatable bonds is 45. The van der Waals surface area contributed by atoms with Gasteiger partial charge < -0.3 is 168 Å². The Kier molecular flexibility index (Phi) is 51.2. The Bertz CT molecular complexity index is 4240. The molecule has 2 aliphatic heterocycles. The molecule has 0 aliphatic carbocycles. The third-order valence-corrected chi connectivity index (χ3v) is 23.4. The summed E-state index contributed by atoms with van der Waals surface area (Å²) in [7, 11) is 1.45. The molecule has 2 aliphatic rings. The Hall–Kier alpha value is -13.2. The second-order valence-electron chi connectivity index (χ2n) is 31.8. The molecule has 0 saturated carbocycles. The summed E-state index contributed by atoms with van der Waals surface area (Å²) in [6.45, 7) is 1.26. The Morgan fingerprint density at radius 3 is 1.29 bits per heavy atom. The average molecular weight is 1910 g/mol. The first-order valence-electron chi connectivity index (χ1n) is 43.8. The summed E-state index contributed by atoms with van der Waals surface area (Å²) in [5, 5.41) is 117. The number of amides is 15. The summed E-state index contributed by atoms with van der Waals surface area (Å²) in [5.41, 5.74) is 51.9. The lowest BCUT2D eigenvalue weighted by atomic mass is 10.0. The van der Waals surface area contributed by atoms with Gasteiger partial charge >= 0.3 is 12.0 Å². The zero-order chi connectivity index (χ0) is 98.7. The molecule has 2 aromatic carbocycles. The zero-order valence-corrected chi connectivity index (χ0v) is 76.1. The number of nitrogens with one attached hydrogen (secondary N) is 23. The minimum Gasteiger partial charge on any atom is -0.508 e. The number of urea groups is 1. The average Bonchev–Trinajstić information content (AvgIpc) is 1.72. The van der Waals surface area contributed by atoms with Crippen molar-refractivity contribution in [1.29, 1.82) is 27.0 Å². The molecule has 0 bridgehead atoms. The highest BCUT2D eigenvalue weighted by molar-refractivity contribution is 8.76. The van der Waals surface area contributed by atoms with Gasteiger partial charge in [0, 0.05) is 70.2 Å². The number of aliphatic carboxylic acids is 1. The van der Waals surface area contributed by atoms with Crippen molar-refractivity contribution >= 4 is 140 Å². The molecular weight excluding hydrogens is 1780 g/mol. The van der Waals surface area contributed by atoms with Crippen LogP contribution in [0.15, 0.2) is 48.5 Å². The van der Waals surface area contributed by atoms with Gasteiger partial charge in [-0.3, -0.25) is 89.4 Å². The number of carboxylic acids is 1. The number of hydrogen-bond donors (Lipinski definition) is 35. The number of carbonyl (C=O) groups is 15. The number of unbranched alkanes of at least 4 members (excludes halogenated alkanes) is 2. The van der Waals surface area contributed by atoms with E-state index in [1.165, 1.54) is 60.4 Å². The van der Waals surface area contributed by atoms with Crippen LogP contribution in [0.3, 0.4) is 0 Å². The van der Waals surface area contributed by atoms with Crippen LogP contribution in [0, 0.1) is 27.0 Å². The summed E-state index contributed by atoms with van der Waals surface area (Å²) in [6.07, 6.45) is -0.802. The molecule has 740 valence electrons. The monoisotopic (exact) mass is 1910 g/mol. The SMILES string of the molecule is C[C@@H]1NC(=O)[C@H](Cc2ccc(O)cc2)NC(=O)[C@@H]2CCCN2C(=O)[C@@H](CCCCN)NC(=O)[C@H](CCCCN)NC(=O)[C@H](CCCNC(=N)N)NC(=O)[C@H](Cc2ccc(O)cc2)NC(=O)[C@@H](NC(=O)[C@H](CCCNC(=N)N)NC(=O)[C@H](CCCNC(=N)N)NC(=O)[C@@H](N)CCCNC(=N)N)CSSC[C@@H](C(=O)N[C@@H](CCCNC(=N)N)C(=O)O)NC(=O)[C@H](CCCNC(N)=O)NC1=O. The number of nitrogens with two attached hydrogens (primary N) is 9. The van der Waals surface area contributed by atoms with Crippen LogP contribution in [0.25, 0.3) is 0 Å². The number of benzene rings is 2. The Morgan fingerprint density at radius 2 is 0.820 bits per heavy atom. The summed E-state index contributed by atoms with van der Waals surface area (Å²) in [5.74, 6) is -18.3. The molecule has 0 unspecified atom stereocenters. The highest BCUT2D eigenvalue weighted by Gasteiger charge is 2.42. The molecule has 0 aromatic heterocycles. The molecule has 0 radical (unpaired) electrons. The first kappa shape index (κ1) is 112. The van der Waals surface area contributed by atoms with Gasteiger partial charge in [-0.15, -0.1) is 0 Å². The fourth-order valence-corrected chi connectivity index (χ4v) is 16.1. The predicted molar refractivity (Wildman–Crippen MR) is 496 cm³/mol. The number of nitrogens with zero attached hydrogens (tertiary/aromatic N) is 1. The number of guanidine groups is 5. The number of phenolic OH excluding ortho intramolecular Hbond substituents is 2. The number of primary amides is 1. The number of carbonyl (C=O) groups excluding carboxylic acids is 14. The molecule has 53 heteroatoms. The normalized spacial score (nSPS) is 20.8. The van der Waals surface area contributed by atoms with Crippen LogP contribution in [0.5, 0.6) is 11.5 Å². The van der Waals surface area contributed by atoms with E-state index < -0.39 is 215 Å². The van der Waals surface area contributed by atoms with E-state index in [4.69, 9.17) is 78.6 Å². The van der Waals surface area contributed by atoms with Gasteiger partial charge in [-0.1, -0.05) is 45.9 Å². The van der Waals surface area contributed by atoms with E-state index in [2.05, 4.69) is 95.7 Å². The predicted octanol–water partition coefficient (Wildman–Crippen LogP) is -8.46. The quantitative estimate of drug-likeness (QED) is 0.0127. The smallest absolute Gasteiger partial charge is 0.326 e. The van der Waals surface area contributed by atoms with Gasteiger partial charge in [0.25, 0.3) is 0 Å². The maximum Gasteiger partial charge on any atom is 0.326 e. The van der Waals surface area contributed by atoms with E-state index >= 15 is 33.6 Å². The number of aromatic hydroxyl groups is 2. The molecule has 14 atom stereocenters. The van der Waals surface area contributed by atoms with Crippen LogP contribution in [-0.2, 0) is 80.0 Å². The molecule has 133 heavy (non-hydrogen) atoms. The highest BCUT2D eigenvalue weighted by atomic mass is 33.1. The van der Waals surface area contributed by atoms with Crippen LogP contribution < -0.4 is 147 Å². The van der Waals surface area contributed by atoms with Crippen molar-refractivity contribution in [3.05, 3.63) is 59.7 Å². The molecule has 4 rings (SSSR count). The fourth-order valence-electron chi connectivity index (χ4n) is 13.8. The summed E-state index contributed by atoms with van der Waals surface area (Å²) < 4.78 is 0. The van der Waals surface area contributed by atoms with Crippen molar-refractivity contribution in [2.24, 2.45) is 51.6 Å². The third-order valence-electron chi connectivity index (χ3n) is 21.0. The second-order valence-corrected chi connectivity index (χ2v) is 34.3. The van der Waals surface area contributed by atoms with Gasteiger partial charge in [-0.25, -0.2) is 9.59 Å². The first-order chi connectivity index (χ1) is 63.2. The molecule has 2 fully saturated rings. The lowest BCUT2D eigenvalue weighted by Gasteiger charge is -2.31. The van der Waals surface area contributed by atoms with Crippen LogP contribution in [0.1, 0.15) is 146 Å². The minimum absolute atomic E-state index is 0.00502. The van der Waals surface area contributed by atoms with E-state index in [0.29, 0.717) is 18.4 Å². The van der Waals surface area contributed by atoms with Crippen molar-refractivity contribution in [1.82, 2.24) is 101 Å². The summed E-state index contributed by atoms with van der Waals surface area (Å²) >= 11 is 0. The van der Waals surface area contributed by atoms with Gasteiger partial charge in [-0.2, -0.15) is 0 Å². The van der Waals surface area contributed by atoms with Crippen LogP contribution in [-0.4, -0.2) is 294 Å². The van der Waals surface area contributed by atoms with Gasteiger partial charge in [0.2, 0.25) is 76.8 Å². The summed E-state index contributed by atoms with van der Waals surface area (Å²) in [6, 6.07) is -12.4. The van der Waals surface area contributed by atoms with Crippen molar-refractivity contribution < 1.29 is 87.2 Å². The Labute approximate surface area is 777 Å². The van der Waals surface area contributed by atoms with Crippen LogP contribution in [0.4, 0.5) is 4.79 Å². The molecule has 51 nitrogen and oxygen atoms in total. The standard InChI is InChI=1S/C80H135N33O18S2/c1-43-61(116)102-50(19-10-37-100-80(94)131)66(121)111-58(70(125)108-55(74(129)130)20-11-36-99-79(92)93)41-132-133-42-59(112-67(122)53(18-9-35-98-78(90)91)105-63(118)51(16-7-33-96-76(86)87)103-62(117)48(83)13-6-32-95-75(84)85)71(126)109-57(40-45-24-28-47(115)29-25-45)69(124)106-52(17-8-34-97-77(88)89)64(119)104-49(14-2-4-30-81)65(120)107-54(15-3-5-31-82)73(128)113-38-12-21-60(113)72(127)110-56(68(123)101-43)39-44-22-26-46(114)27-23-44/h22-29,43,48-60,114-115H,2-21,30-42,81-83H2,1H3,(H,101,123)(H,102,116)(H,103,117)(H,104,119)(H,105,118)(H,106,124)(H,107,120)(H,108,125)(H,109,126)(H,110,127)(H,111,121)(H,112,122)(H,129,130)(H4,84,85,95)(H4,86,87,96)(H4,88,89,97)(H4,90,91,98)(H4,92,93,99)(H3,94,100,131)/t43-,48-,49-,50-,51-,52-,53-,54+,55-,56-,57-,58-,59-,60-/m0/s1. The Morgan fingerprint density at radius 1 is 0.436 bits per heavy atom. The number of fused-ring (bicyclic) bond motifs is 1. The topological polar surface area (TPSA) is 890 Å².